The molecule has 1 aliphatic heterocycles. The fourth-order valence-corrected chi connectivity index (χ4v) is 2.02. The highest BCUT2D eigenvalue weighted by molar-refractivity contribution is 6.21. The summed E-state index contributed by atoms with van der Waals surface area (Å²) in [7, 11) is 0. The molecule has 4 nitrogen and oxygen atoms in total. The molecule has 0 N–H and O–H groups in total. The second-order valence-corrected chi connectivity index (χ2v) is 5.63. The van der Waals surface area contributed by atoms with E-state index in [1.165, 1.54) is 0 Å². The standard InChI is InChI=1S/C16H17NO3/c1-5-11(10-20-16(2,3)4)17-14(18)12-8-6-7-9-13(12)15(17)19/h1,6-9,11H,10H2,2-4H3/t11-/m1/s1. The van der Waals surface area contributed by atoms with Crippen LogP contribution < -0.4 is 0 Å². The molecule has 0 unspecified atom stereocenters. The topological polar surface area (TPSA) is 46.6 Å². The molecule has 1 heterocycles. The quantitative estimate of drug-likeness (QED) is 0.625. The lowest BCUT2D eigenvalue weighted by Gasteiger charge is -2.26. The van der Waals surface area contributed by atoms with Crippen molar-refractivity contribution in [2.45, 2.75) is 32.4 Å². The molecule has 1 atom stereocenters. The van der Waals surface area contributed by atoms with E-state index in [0.29, 0.717) is 11.1 Å². The fraction of sp³-hybridized carbons (Fsp3) is 0.375. The minimum Gasteiger partial charge on any atom is -0.373 e. The summed E-state index contributed by atoms with van der Waals surface area (Å²) in [6.45, 7) is 5.81. The number of terminal acetylenes is 1. The normalized spacial score (nSPS) is 16.0. The van der Waals surface area contributed by atoms with Crippen molar-refractivity contribution >= 4 is 11.8 Å². The summed E-state index contributed by atoms with van der Waals surface area (Å²) in [6, 6.07) is 6.02. The van der Waals surface area contributed by atoms with E-state index in [-0.39, 0.29) is 24.0 Å². The molecule has 2 rings (SSSR count). The first-order chi connectivity index (χ1) is 9.35. The predicted molar refractivity (Wildman–Crippen MR) is 75.3 cm³/mol. The van der Waals surface area contributed by atoms with Crippen LogP contribution in [0.2, 0.25) is 0 Å². The van der Waals surface area contributed by atoms with Crippen LogP contribution in [0.3, 0.4) is 0 Å². The summed E-state index contributed by atoms with van der Waals surface area (Å²) in [4.78, 5) is 25.7. The van der Waals surface area contributed by atoms with E-state index in [4.69, 9.17) is 11.2 Å². The summed E-state index contributed by atoms with van der Waals surface area (Å²) in [6.07, 6.45) is 5.47. The minimum atomic E-state index is -0.693. The molecule has 2 amide bonds. The van der Waals surface area contributed by atoms with Crippen molar-refractivity contribution in [1.29, 1.82) is 0 Å². The van der Waals surface area contributed by atoms with Crippen molar-refractivity contribution < 1.29 is 14.3 Å². The number of nitrogens with zero attached hydrogens (tertiary/aromatic N) is 1. The van der Waals surface area contributed by atoms with Gasteiger partial charge in [0.05, 0.1) is 23.3 Å². The highest BCUT2D eigenvalue weighted by Crippen LogP contribution is 2.25. The summed E-state index contributed by atoms with van der Waals surface area (Å²) in [5, 5.41) is 0. The largest absolute Gasteiger partial charge is 0.373 e. The first-order valence-corrected chi connectivity index (χ1v) is 6.42. The van der Waals surface area contributed by atoms with Gasteiger partial charge in [-0.05, 0) is 32.9 Å². The van der Waals surface area contributed by atoms with E-state index >= 15 is 0 Å². The van der Waals surface area contributed by atoms with Gasteiger partial charge in [0.25, 0.3) is 11.8 Å². The molecule has 1 aliphatic rings. The molecule has 20 heavy (non-hydrogen) atoms. The van der Waals surface area contributed by atoms with Crippen LogP contribution in [0.5, 0.6) is 0 Å². The molecule has 0 spiro atoms. The Morgan fingerprint density at radius 2 is 1.70 bits per heavy atom. The Morgan fingerprint density at radius 1 is 1.20 bits per heavy atom. The van der Waals surface area contributed by atoms with Gasteiger partial charge < -0.3 is 4.74 Å². The number of amides is 2. The van der Waals surface area contributed by atoms with Crippen molar-refractivity contribution in [1.82, 2.24) is 4.90 Å². The van der Waals surface area contributed by atoms with E-state index < -0.39 is 6.04 Å². The number of rotatable bonds is 3. The van der Waals surface area contributed by atoms with Crippen LogP contribution in [-0.2, 0) is 4.74 Å². The Kier molecular flexibility index (Phi) is 3.65. The fourth-order valence-electron chi connectivity index (χ4n) is 2.02. The van der Waals surface area contributed by atoms with Gasteiger partial charge in [-0.15, -0.1) is 6.42 Å². The second kappa shape index (κ2) is 5.10. The van der Waals surface area contributed by atoms with Crippen LogP contribution in [0.4, 0.5) is 0 Å². The Bertz CT molecular complexity index is 557. The zero-order chi connectivity index (χ0) is 14.9. The molecule has 0 saturated carbocycles. The Morgan fingerprint density at radius 3 is 2.10 bits per heavy atom. The van der Waals surface area contributed by atoms with Crippen LogP contribution in [0.25, 0.3) is 0 Å². The molecule has 0 bridgehead atoms. The molecule has 0 aliphatic carbocycles. The van der Waals surface area contributed by atoms with E-state index in [1.54, 1.807) is 24.3 Å². The van der Waals surface area contributed by atoms with Crippen molar-refractivity contribution in [3.8, 4) is 12.3 Å². The van der Waals surface area contributed by atoms with Gasteiger partial charge in [0.2, 0.25) is 0 Å². The summed E-state index contributed by atoms with van der Waals surface area (Å²) in [5.74, 6) is 1.76. The van der Waals surface area contributed by atoms with E-state index in [0.717, 1.165) is 4.90 Å². The molecule has 104 valence electrons. The molecule has 0 fully saturated rings. The minimum absolute atomic E-state index is 0.130. The first kappa shape index (κ1) is 14.3. The van der Waals surface area contributed by atoms with Gasteiger partial charge in [0, 0.05) is 0 Å². The van der Waals surface area contributed by atoms with Gasteiger partial charge in [-0.25, -0.2) is 0 Å². The number of fused-ring (bicyclic) bond motifs is 1. The molecular weight excluding hydrogens is 254 g/mol. The highest BCUT2D eigenvalue weighted by atomic mass is 16.5. The lowest BCUT2D eigenvalue weighted by atomic mass is 10.1. The number of ether oxygens (including phenoxy) is 1. The summed E-state index contributed by atoms with van der Waals surface area (Å²) < 4.78 is 5.60. The predicted octanol–water partition coefficient (Wildman–Crippen LogP) is 2.10. The maximum atomic E-state index is 12.3. The lowest BCUT2D eigenvalue weighted by molar-refractivity contribution is -0.0196. The van der Waals surface area contributed by atoms with Gasteiger partial charge in [0.1, 0.15) is 6.04 Å². The Balaban J connectivity index is 2.24. The van der Waals surface area contributed by atoms with Crippen molar-refractivity contribution in [2.24, 2.45) is 0 Å². The van der Waals surface area contributed by atoms with Crippen LogP contribution in [0, 0.1) is 12.3 Å². The summed E-state index contributed by atoms with van der Waals surface area (Å²) in [5.41, 5.74) is 0.412. The third-order valence-electron chi connectivity index (χ3n) is 3.00. The molecule has 1 aromatic rings. The van der Waals surface area contributed by atoms with Crippen LogP contribution in [0.1, 0.15) is 41.5 Å². The molecule has 0 aromatic heterocycles. The van der Waals surface area contributed by atoms with Crippen LogP contribution in [-0.4, -0.2) is 35.0 Å². The first-order valence-electron chi connectivity index (χ1n) is 6.42. The average molecular weight is 271 g/mol. The van der Waals surface area contributed by atoms with Gasteiger partial charge in [-0.3, -0.25) is 14.5 Å². The van der Waals surface area contributed by atoms with E-state index in [1.807, 2.05) is 20.8 Å². The molecular formula is C16H17NO3. The average Bonchev–Trinajstić information content (AvgIpc) is 2.64. The second-order valence-electron chi connectivity index (χ2n) is 5.63. The van der Waals surface area contributed by atoms with E-state index in [9.17, 15) is 9.59 Å². The van der Waals surface area contributed by atoms with Crippen LogP contribution >= 0.6 is 0 Å². The molecule has 0 saturated heterocycles. The summed E-state index contributed by atoms with van der Waals surface area (Å²) >= 11 is 0. The number of carbonyl (C=O) groups excluding carboxylic acids is 2. The van der Waals surface area contributed by atoms with Crippen molar-refractivity contribution in [3.05, 3.63) is 35.4 Å². The lowest BCUT2D eigenvalue weighted by Crippen LogP contribution is -2.43. The SMILES string of the molecule is C#C[C@H](COC(C)(C)C)N1C(=O)c2ccccc2C1=O. The zero-order valence-corrected chi connectivity index (χ0v) is 11.8. The van der Waals surface area contributed by atoms with E-state index in [2.05, 4.69) is 5.92 Å². The van der Waals surface area contributed by atoms with Gasteiger partial charge in [-0.2, -0.15) is 0 Å². The monoisotopic (exact) mass is 271 g/mol. The number of benzene rings is 1. The molecule has 0 radical (unpaired) electrons. The third kappa shape index (κ3) is 2.59. The number of hydrogen-bond acceptors (Lipinski definition) is 3. The zero-order valence-electron chi connectivity index (χ0n) is 11.8. The third-order valence-corrected chi connectivity index (χ3v) is 3.00. The number of hydrogen-bond donors (Lipinski definition) is 0. The van der Waals surface area contributed by atoms with Crippen molar-refractivity contribution in [3.63, 3.8) is 0 Å². The molecule has 4 heteroatoms. The maximum absolute atomic E-state index is 12.3. The smallest absolute Gasteiger partial charge is 0.262 e. The van der Waals surface area contributed by atoms with Gasteiger partial charge in [0.15, 0.2) is 0 Å². The maximum Gasteiger partial charge on any atom is 0.262 e. The van der Waals surface area contributed by atoms with Gasteiger partial charge in [-0.1, -0.05) is 18.1 Å². The van der Waals surface area contributed by atoms with Gasteiger partial charge >= 0.3 is 0 Å². The highest BCUT2D eigenvalue weighted by Gasteiger charge is 2.39. The van der Waals surface area contributed by atoms with Crippen molar-refractivity contribution in [2.75, 3.05) is 6.61 Å². The molecule has 1 aromatic carbocycles. The number of imide groups is 1. The Hall–Kier alpha value is -2.12. The number of carbonyl (C=O) groups is 2. The Labute approximate surface area is 118 Å². The van der Waals surface area contributed by atoms with Crippen LogP contribution in [0.15, 0.2) is 24.3 Å².